The topological polar surface area (TPSA) is 89.3 Å². The monoisotopic (exact) mass is 512 g/mol. The molecule has 4 aromatic rings. The van der Waals surface area contributed by atoms with E-state index in [0.29, 0.717) is 16.3 Å². The van der Waals surface area contributed by atoms with Crippen LogP contribution in [0.2, 0.25) is 0 Å². The summed E-state index contributed by atoms with van der Waals surface area (Å²) in [6, 6.07) is 24.1. The van der Waals surface area contributed by atoms with Crippen molar-refractivity contribution < 1.29 is 13.2 Å². The summed E-state index contributed by atoms with van der Waals surface area (Å²) < 4.78 is 27.8. The quantitative estimate of drug-likeness (QED) is 0.314. The van der Waals surface area contributed by atoms with Crippen LogP contribution in [0.3, 0.4) is 0 Å². The molecule has 0 bridgehead atoms. The SMILES string of the molecule is Nc1c(C(=O)c2ccccc2)sc(Nc2ccccc2)c1S(=O)(=O)c1ccc(Br)cc1. The Labute approximate surface area is 192 Å². The highest BCUT2D eigenvalue weighted by Gasteiger charge is 2.31. The number of carbonyl (C=O) groups is 1. The summed E-state index contributed by atoms with van der Waals surface area (Å²) in [6.45, 7) is 0. The molecule has 0 radical (unpaired) electrons. The molecule has 0 spiro atoms. The van der Waals surface area contributed by atoms with Crippen molar-refractivity contribution >= 4 is 59.3 Å². The van der Waals surface area contributed by atoms with Crippen LogP contribution in [0.5, 0.6) is 0 Å². The summed E-state index contributed by atoms with van der Waals surface area (Å²) in [5, 5.41) is 3.42. The van der Waals surface area contributed by atoms with Crippen molar-refractivity contribution in [3.63, 3.8) is 0 Å². The van der Waals surface area contributed by atoms with Crippen molar-refractivity contribution in [3.05, 3.63) is 99.8 Å². The first-order valence-electron chi connectivity index (χ1n) is 9.22. The highest BCUT2D eigenvalue weighted by atomic mass is 79.9. The molecule has 0 aliphatic rings. The van der Waals surface area contributed by atoms with Gasteiger partial charge in [0.15, 0.2) is 0 Å². The molecule has 3 aromatic carbocycles. The third-order valence-electron chi connectivity index (χ3n) is 4.57. The Morgan fingerprint density at radius 2 is 1.45 bits per heavy atom. The van der Waals surface area contributed by atoms with Crippen LogP contribution >= 0.6 is 27.3 Å². The molecule has 0 aliphatic carbocycles. The highest BCUT2D eigenvalue weighted by Crippen LogP contribution is 2.44. The number of benzene rings is 3. The minimum Gasteiger partial charge on any atom is -0.396 e. The Morgan fingerprint density at radius 1 is 0.871 bits per heavy atom. The Morgan fingerprint density at radius 3 is 2.06 bits per heavy atom. The maximum absolute atomic E-state index is 13.5. The number of anilines is 3. The summed E-state index contributed by atoms with van der Waals surface area (Å²) in [4.78, 5) is 13.3. The lowest BCUT2D eigenvalue weighted by Crippen LogP contribution is -2.08. The average molecular weight is 513 g/mol. The summed E-state index contributed by atoms with van der Waals surface area (Å²) >= 11 is 4.35. The van der Waals surface area contributed by atoms with Gasteiger partial charge >= 0.3 is 0 Å². The smallest absolute Gasteiger partial charge is 0.211 e. The summed E-state index contributed by atoms with van der Waals surface area (Å²) in [5.41, 5.74) is 7.38. The molecule has 5 nitrogen and oxygen atoms in total. The zero-order chi connectivity index (χ0) is 22.0. The fraction of sp³-hybridized carbons (Fsp3) is 0. The first-order chi connectivity index (χ1) is 14.9. The van der Waals surface area contributed by atoms with Crippen molar-refractivity contribution in [2.75, 3.05) is 11.1 Å². The normalized spacial score (nSPS) is 11.3. The first-order valence-corrected chi connectivity index (χ1v) is 12.3. The molecular formula is C23H17BrN2O3S2. The number of para-hydroxylation sites is 1. The van der Waals surface area contributed by atoms with Crippen molar-refractivity contribution in [2.45, 2.75) is 9.79 Å². The third kappa shape index (κ3) is 4.27. The van der Waals surface area contributed by atoms with Crippen LogP contribution in [0.15, 0.2) is 99.2 Å². The maximum Gasteiger partial charge on any atom is 0.211 e. The van der Waals surface area contributed by atoms with Crippen LogP contribution < -0.4 is 11.1 Å². The van der Waals surface area contributed by atoms with E-state index < -0.39 is 9.84 Å². The van der Waals surface area contributed by atoms with Gasteiger partial charge in [-0.2, -0.15) is 0 Å². The van der Waals surface area contributed by atoms with Gasteiger partial charge in [0.2, 0.25) is 15.6 Å². The Kier molecular flexibility index (Phi) is 5.95. The molecule has 3 N–H and O–H groups in total. The molecule has 0 saturated heterocycles. The van der Waals surface area contributed by atoms with Crippen molar-refractivity contribution in [3.8, 4) is 0 Å². The van der Waals surface area contributed by atoms with Crippen LogP contribution in [0.4, 0.5) is 16.4 Å². The number of nitrogens with two attached hydrogens (primary N) is 1. The molecule has 0 aliphatic heterocycles. The number of carbonyl (C=O) groups excluding carboxylic acids is 1. The lowest BCUT2D eigenvalue weighted by molar-refractivity contribution is 0.104. The van der Waals surface area contributed by atoms with E-state index in [0.717, 1.165) is 15.8 Å². The zero-order valence-electron chi connectivity index (χ0n) is 16.1. The van der Waals surface area contributed by atoms with Gasteiger partial charge < -0.3 is 11.1 Å². The van der Waals surface area contributed by atoms with Gasteiger partial charge in [-0.1, -0.05) is 64.5 Å². The largest absolute Gasteiger partial charge is 0.396 e. The van der Waals surface area contributed by atoms with Gasteiger partial charge in [-0.05, 0) is 36.4 Å². The average Bonchev–Trinajstić information content (AvgIpc) is 3.11. The van der Waals surface area contributed by atoms with Crippen molar-refractivity contribution in [1.82, 2.24) is 0 Å². The zero-order valence-corrected chi connectivity index (χ0v) is 19.3. The van der Waals surface area contributed by atoms with Crippen LogP contribution in [-0.2, 0) is 9.84 Å². The molecule has 1 heterocycles. The number of nitrogens with one attached hydrogen (secondary N) is 1. The number of ketones is 1. The molecular weight excluding hydrogens is 496 g/mol. The molecule has 0 unspecified atom stereocenters. The summed E-state index contributed by atoms with van der Waals surface area (Å²) in [6.07, 6.45) is 0. The second-order valence-electron chi connectivity index (χ2n) is 6.65. The molecule has 0 saturated carbocycles. The standard InChI is InChI=1S/C23H17BrN2O3S2/c24-16-11-13-18(14-12-16)31(28,29)22-19(25)21(20(27)15-7-3-1-4-8-15)30-23(22)26-17-9-5-2-6-10-17/h1-14,26H,25H2. The highest BCUT2D eigenvalue weighted by molar-refractivity contribution is 9.10. The molecule has 31 heavy (non-hydrogen) atoms. The van der Waals surface area contributed by atoms with Gasteiger partial charge in [-0.15, -0.1) is 11.3 Å². The minimum atomic E-state index is -3.98. The molecule has 1 aromatic heterocycles. The second-order valence-corrected chi connectivity index (χ2v) is 10.5. The van der Waals surface area contributed by atoms with Gasteiger partial charge in [-0.3, -0.25) is 4.79 Å². The Hall–Kier alpha value is -2.94. The predicted octanol–water partition coefficient (Wildman–Crippen LogP) is 5.90. The lowest BCUT2D eigenvalue weighted by atomic mass is 10.1. The second kappa shape index (κ2) is 8.66. The van der Waals surface area contributed by atoms with E-state index in [4.69, 9.17) is 5.73 Å². The number of halogens is 1. The number of hydrogen-bond acceptors (Lipinski definition) is 6. The molecule has 8 heteroatoms. The van der Waals surface area contributed by atoms with Crippen LogP contribution in [0.1, 0.15) is 15.2 Å². The van der Waals surface area contributed by atoms with Gasteiger partial charge in [-0.25, -0.2) is 8.42 Å². The van der Waals surface area contributed by atoms with Crippen molar-refractivity contribution in [2.24, 2.45) is 0 Å². The molecule has 0 fully saturated rings. The Bertz CT molecular complexity index is 1340. The van der Waals surface area contributed by atoms with E-state index in [-0.39, 0.29) is 26.1 Å². The van der Waals surface area contributed by atoms with Gasteiger partial charge in [0.1, 0.15) is 14.8 Å². The van der Waals surface area contributed by atoms with E-state index in [2.05, 4.69) is 21.2 Å². The molecule has 0 amide bonds. The van der Waals surface area contributed by atoms with Gasteiger partial charge in [0.05, 0.1) is 10.6 Å². The number of rotatable bonds is 6. The van der Waals surface area contributed by atoms with E-state index >= 15 is 0 Å². The van der Waals surface area contributed by atoms with E-state index in [1.165, 1.54) is 12.1 Å². The number of thiophene rings is 1. The summed E-state index contributed by atoms with van der Waals surface area (Å²) in [7, 11) is -3.98. The Balaban J connectivity index is 1.88. The number of nitrogen functional groups attached to an aromatic ring is 1. The fourth-order valence-electron chi connectivity index (χ4n) is 3.05. The lowest BCUT2D eigenvalue weighted by Gasteiger charge is -2.10. The van der Waals surface area contributed by atoms with Crippen LogP contribution in [-0.4, -0.2) is 14.2 Å². The van der Waals surface area contributed by atoms with Gasteiger partial charge in [0.25, 0.3) is 0 Å². The number of hydrogen-bond donors (Lipinski definition) is 2. The van der Waals surface area contributed by atoms with E-state index in [9.17, 15) is 13.2 Å². The first kappa shape index (κ1) is 21.3. The van der Waals surface area contributed by atoms with Crippen LogP contribution in [0.25, 0.3) is 0 Å². The molecule has 4 rings (SSSR count). The molecule has 0 atom stereocenters. The number of sulfone groups is 1. The third-order valence-corrected chi connectivity index (χ3v) is 8.20. The van der Waals surface area contributed by atoms with E-state index in [1.54, 1.807) is 42.5 Å². The van der Waals surface area contributed by atoms with Gasteiger partial charge in [0, 0.05) is 15.7 Å². The van der Waals surface area contributed by atoms with Crippen LogP contribution in [0, 0.1) is 0 Å². The minimum absolute atomic E-state index is 0.0554. The summed E-state index contributed by atoms with van der Waals surface area (Å²) in [5.74, 6) is -0.323. The predicted molar refractivity (Wildman–Crippen MR) is 128 cm³/mol. The molecule has 156 valence electrons. The van der Waals surface area contributed by atoms with E-state index in [1.807, 2.05) is 30.3 Å². The van der Waals surface area contributed by atoms with Crippen molar-refractivity contribution in [1.29, 1.82) is 0 Å². The fourth-order valence-corrected chi connectivity index (χ4v) is 6.25. The maximum atomic E-state index is 13.5.